The van der Waals surface area contributed by atoms with Gasteiger partial charge in [-0.25, -0.2) is 9.97 Å². The Morgan fingerprint density at radius 3 is 1.49 bits per heavy atom. The van der Waals surface area contributed by atoms with E-state index in [2.05, 4.69) is 151 Å². The molecule has 0 aliphatic carbocycles. The van der Waals surface area contributed by atoms with E-state index in [-0.39, 0.29) is 0 Å². The van der Waals surface area contributed by atoms with Crippen LogP contribution < -0.4 is 0 Å². The average molecular weight is 548 g/mol. The fraction of sp³-hybridized carbons (Fsp3) is 0. The third-order valence-electron chi connectivity index (χ3n) is 8.53. The molecule has 200 valence electrons. The molecule has 0 spiro atoms. The Balaban J connectivity index is 1.44. The standard InChI is InChI=1S/C40H25N3/c1-3-10-25(11-4-1)27-20-29-22-30(21-27)37-23-28(26-12-5-2-6-13-26)24-38(42-37)34-17-8-15-32-31-14-7-16-33(39(31)43-40(32)34)36-19-9-18-35(29)41-36/h1-24,43H. The van der Waals surface area contributed by atoms with Crippen LogP contribution in [0.15, 0.2) is 146 Å². The van der Waals surface area contributed by atoms with E-state index in [1.807, 2.05) is 0 Å². The molecule has 1 aliphatic rings. The van der Waals surface area contributed by atoms with Crippen LogP contribution in [0.2, 0.25) is 0 Å². The number of pyridine rings is 2. The third kappa shape index (κ3) is 3.90. The molecule has 1 N–H and O–H groups in total. The Hall–Kier alpha value is -5.80. The molecular formula is C40H25N3. The Bertz CT molecular complexity index is 2330. The van der Waals surface area contributed by atoms with Gasteiger partial charge in [0.15, 0.2) is 0 Å². The molecule has 1 aliphatic heterocycles. The molecule has 3 heteroatoms. The highest BCUT2D eigenvalue weighted by atomic mass is 14.8. The van der Waals surface area contributed by atoms with Crippen LogP contribution in [0, 0.1) is 0 Å². The summed E-state index contributed by atoms with van der Waals surface area (Å²) >= 11 is 0. The molecule has 4 heterocycles. The molecule has 5 aromatic carbocycles. The number of benzene rings is 5. The lowest BCUT2D eigenvalue weighted by atomic mass is 9.94. The average Bonchev–Trinajstić information content (AvgIpc) is 3.48. The van der Waals surface area contributed by atoms with Crippen molar-refractivity contribution in [1.29, 1.82) is 0 Å². The number of para-hydroxylation sites is 2. The van der Waals surface area contributed by atoms with Crippen LogP contribution in [-0.4, -0.2) is 15.0 Å². The predicted octanol–water partition coefficient (Wildman–Crippen LogP) is 10.4. The van der Waals surface area contributed by atoms with Crippen LogP contribution >= 0.6 is 0 Å². The molecular weight excluding hydrogens is 522 g/mol. The maximum absolute atomic E-state index is 5.36. The molecule has 8 bridgehead atoms. The van der Waals surface area contributed by atoms with Crippen molar-refractivity contribution in [1.82, 2.24) is 15.0 Å². The van der Waals surface area contributed by atoms with Crippen molar-refractivity contribution < 1.29 is 0 Å². The molecule has 0 saturated carbocycles. The SMILES string of the molecule is c1ccc(-c2cc3cc(c2)-c2cc(-c4ccccc4)cc(n2)-c2cccc4c2[nH]c2c(cccc24)-c2cccc-3n2)cc1. The zero-order valence-corrected chi connectivity index (χ0v) is 23.3. The minimum absolute atomic E-state index is 0.928. The second-order valence-corrected chi connectivity index (χ2v) is 11.1. The smallest absolute Gasteiger partial charge is 0.0736 e. The third-order valence-corrected chi connectivity index (χ3v) is 8.53. The Morgan fingerprint density at radius 2 is 0.814 bits per heavy atom. The Labute approximate surface area is 249 Å². The zero-order chi connectivity index (χ0) is 28.3. The van der Waals surface area contributed by atoms with Gasteiger partial charge in [0.2, 0.25) is 0 Å². The number of aromatic amines is 1. The summed E-state index contributed by atoms with van der Waals surface area (Å²) in [4.78, 5) is 14.4. The van der Waals surface area contributed by atoms with Gasteiger partial charge in [-0.1, -0.05) is 103 Å². The number of rotatable bonds is 2. The summed E-state index contributed by atoms with van der Waals surface area (Å²) in [6.07, 6.45) is 0. The second-order valence-electron chi connectivity index (χ2n) is 11.1. The summed E-state index contributed by atoms with van der Waals surface area (Å²) in [5, 5.41) is 2.36. The molecule has 0 fully saturated rings. The largest absolute Gasteiger partial charge is 0.353 e. The Morgan fingerprint density at radius 1 is 0.326 bits per heavy atom. The van der Waals surface area contributed by atoms with Gasteiger partial charge in [0.1, 0.15) is 0 Å². The van der Waals surface area contributed by atoms with E-state index < -0.39 is 0 Å². The van der Waals surface area contributed by atoms with Gasteiger partial charge in [0.05, 0.1) is 33.8 Å². The minimum Gasteiger partial charge on any atom is -0.353 e. The number of nitrogens with zero attached hydrogens (tertiary/aromatic N) is 2. The quantitative estimate of drug-likeness (QED) is 0.234. The number of aromatic nitrogens is 3. The lowest BCUT2D eigenvalue weighted by Gasteiger charge is -2.14. The van der Waals surface area contributed by atoms with Gasteiger partial charge < -0.3 is 4.98 Å². The fourth-order valence-electron chi connectivity index (χ4n) is 6.45. The van der Waals surface area contributed by atoms with Gasteiger partial charge in [-0.15, -0.1) is 0 Å². The predicted molar refractivity (Wildman–Crippen MR) is 178 cm³/mol. The molecule has 0 radical (unpaired) electrons. The molecule has 0 unspecified atom stereocenters. The van der Waals surface area contributed by atoms with E-state index in [9.17, 15) is 0 Å². The van der Waals surface area contributed by atoms with Crippen LogP contribution in [0.1, 0.15) is 0 Å². The lowest BCUT2D eigenvalue weighted by Crippen LogP contribution is -1.95. The van der Waals surface area contributed by atoms with Crippen LogP contribution in [0.5, 0.6) is 0 Å². The maximum Gasteiger partial charge on any atom is 0.0736 e. The molecule has 3 aromatic heterocycles. The van der Waals surface area contributed by atoms with Gasteiger partial charge in [0, 0.05) is 33.0 Å². The molecule has 0 atom stereocenters. The van der Waals surface area contributed by atoms with Gasteiger partial charge in [0.25, 0.3) is 0 Å². The topological polar surface area (TPSA) is 41.6 Å². The van der Waals surface area contributed by atoms with E-state index >= 15 is 0 Å². The first-order chi connectivity index (χ1) is 21.3. The van der Waals surface area contributed by atoms with E-state index in [1.54, 1.807) is 0 Å². The molecule has 9 rings (SSSR count). The first kappa shape index (κ1) is 23.9. The number of hydrogen-bond donors (Lipinski definition) is 1. The van der Waals surface area contributed by atoms with Crippen molar-refractivity contribution in [2.45, 2.75) is 0 Å². The normalized spacial score (nSPS) is 11.7. The molecule has 8 aromatic rings. The van der Waals surface area contributed by atoms with Gasteiger partial charge in [-0.2, -0.15) is 0 Å². The van der Waals surface area contributed by atoms with Crippen molar-refractivity contribution in [3.63, 3.8) is 0 Å². The summed E-state index contributed by atoms with van der Waals surface area (Å²) in [6.45, 7) is 0. The first-order valence-electron chi connectivity index (χ1n) is 14.6. The highest BCUT2D eigenvalue weighted by Crippen LogP contribution is 2.40. The Kier molecular flexibility index (Phi) is 5.20. The zero-order valence-electron chi connectivity index (χ0n) is 23.3. The van der Waals surface area contributed by atoms with Crippen molar-refractivity contribution in [3.8, 4) is 67.3 Å². The van der Waals surface area contributed by atoms with Crippen LogP contribution in [0.3, 0.4) is 0 Å². The fourth-order valence-corrected chi connectivity index (χ4v) is 6.45. The molecule has 43 heavy (non-hydrogen) atoms. The summed E-state index contributed by atoms with van der Waals surface area (Å²) < 4.78 is 0. The minimum atomic E-state index is 0.928. The van der Waals surface area contributed by atoms with Gasteiger partial charge in [-0.05, 0) is 64.7 Å². The van der Waals surface area contributed by atoms with Crippen molar-refractivity contribution in [3.05, 3.63) is 146 Å². The number of H-pyrrole nitrogens is 1. The summed E-state index contributed by atoms with van der Waals surface area (Å²) in [6, 6.07) is 51.6. The molecule has 0 saturated heterocycles. The number of fused-ring (bicyclic) bond motifs is 11. The van der Waals surface area contributed by atoms with Crippen molar-refractivity contribution in [2.24, 2.45) is 0 Å². The van der Waals surface area contributed by atoms with E-state index in [0.29, 0.717) is 0 Å². The van der Waals surface area contributed by atoms with Crippen molar-refractivity contribution in [2.75, 3.05) is 0 Å². The molecule has 3 nitrogen and oxygen atoms in total. The van der Waals surface area contributed by atoms with Crippen molar-refractivity contribution >= 4 is 21.8 Å². The number of hydrogen-bond acceptors (Lipinski definition) is 2. The summed E-state index contributed by atoms with van der Waals surface area (Å²) in [5.74, 6) is 0. The van der Waals surface area contributed by atoms with Crippen LogP contribution in [0.25, 0.3) is 89.1 Å². The second kappa shape index (κ2) is 9.37. The monoisotopic (exact) mass is 547 g/mol. The summed E-state index contributed by atoms with van der Waals surface area (Å²) in [7, 11) is 0. The lowest BCUT2D eigenvalue weighted by molar-refractivity contribution is 1.30. The van der Waals surface area contributed by atoms with Crippen LogP contribution in [-0.2, 0) is 0 Å². The number of nitrogens with one attached hydrogen (secondary N) is 1. The van der Waals surface area contributed by atoms with E-state index in [4.69, 9.17) is 9.97 Å². The summed E-state index contributed by atoms with van der Waals surface area (Å²) in [5.41, 5.74) is 14.8. The van der Waals surface area contributed by atoms with E-state index in [0.717, 1.165) is 78.3 Å². The first-order valence-corrected chi connectivity index (χ1v) is 14.6. The maximum atomic E-state index is 5.36. The van der Waals surface area contributed by atoms with E-state index in [1.165, 1.54) is 10.8 Å². The van der Waals surface area contributed by atoms with Gasteiger partial charge >= 0.3 is 0 Å². The van der Waals surface area contributed by atoms with Gasteiger partial charge in [-0.3, -0.25) is 0 Å². The van der Waals surface area contributed by atoms with Crippen LogP contribution in [0.4, 0.5) is 0 Å². The molecule has 0 amide bonds. The highest BCUT2D eigenvalue weighted by molar-refractivity contribution is 6.15. The highest BCUT2D eigenvalue weighted by Gasteiger charge is 2.18.